The van der Waals surface area contributed by atoms with E-state index in [4.69, 9.17) is 5.11 Å². The molecule has 0 saturated heterocycles. The largest absolute Gasteiger partial charge is 0.478 e. The van der Waals surface area contributed by atoms with Crippen molar-refractivity contribution in [3.63, 3.8) is 0 Å². The normalized spacial score (nSPS) is 10.2. The first-order valence-corrected chi connectivity index (χ1v) is 6.23. The van der Waals surface area contributed by atoms with Crippen LogP contribution in [-0.2, 0) is 13.1 Å². The van der Waals surface area contributed by atoms with Crippen molar-refractivity contribution in [2.75, 3.05) is 0 Å². The van der Waals surface area contributed by atoms with Crippen molar-refractivity contribution in [3.8, 4) is 0 Å². The van der Waals surface area contributed by atoms with Gasteiger partial charge in [0.1, 0.15) is 5.69 Å². The van der Waals surface area contributed by atoms with E-state index in [1.165, 1.54) is 18.3 Å². The Bertz CT molecular complexity index is 634. The molecule has 2 aromatic heterocycles. The number of aryl methyl sites for hydroxylation is 1. The van der Waals surface area contributed by atoms with E-state index in [2.05, 4.69) is 10.3 Å². The second-order valence-electron chi connectivity index (χ2n) is 4.20. The molecule has 104 valence electrons. The summed E-state index contributed by atoms with van der Waals surface area (Å²) >= 11 is 0. The van der Waals surface area contributed by atoms with E-state index in [1.54, 1.807) is 6.07 Å². The van der Waals surface area contributed by atoms with Gasteiger partial charge < -0.3 is 15.0 Å². The summed E-state index contributed by atoms with van der Waals surface area (Å²) < 4.78 is 1.83. The number of carboxylic acids is 1. The molecular formula is C14H15N3O3. The van der Waals surface area contributed by atoms with Crippen LogP contribution in [0, 0.1) is 0 Å². The van der Waals surface area contributed by atoms with E-state index in [0.717, 1.165) is 0 Å². The van der Waals surface area contributed by atoms with Crippen molar-refractivity contribution in [2.24, 2.45) is 0 Å². The third-order valence-electron chi connectivity index (χ3n) is 2.90. The summed E-state index contributed by atoms with van der Waals surface area (Å²) in [6.45, 7) is 2.85. The van der Waals surface area contributed by atoms with Crippen LogP contribution < -0.4 is 5.32 Å². The van der Waals surface area contributed by atoms with Crippen LogP contribution in [0.3, 0.4) is 0 Å². The van der Waals surface area contributed by atoms with E-state index < -0.39 is 5.97 Å². The van der Waals surface area contributed by atoms with Crippen LogP contribution in [0.25, 0.3) is 0 Å². The number of aromatic carboxylic acids is 1. The number of rotatable bonds is 5. The zero-order valence-electron chi connectivity index (χ0n) is 11.0. The second-order valence-corrected chi connectivity index (χ2v) is 4.20. The maximum absolute atomic E-state index is 12.0. The average Bonchev–Trinajstić information content (AvgIpc) is 2.93. The number of hydrogen-bond acceptors (Lipinski definition) is 3. The van der Waals surface area contributed by atoms with Crippen molar-refractivity contribution in [1.82, 2.24) is 14.9 Å². The minimum absolute atomic E-state index is 0.154. The molecule has 0 aliphatic carbocycles. The Morgan fingerprint density at radius 3 is 2.90 bits per heavy atom. The molecule has 20 heavy (non-hydrogen) atoms. The van der Waals surface area contributed by atoms with Crippen molar-refractivity contribution in [1.29, 1.82) is 0 Å². The summed E-state index contributed by atoms with van der Waals surface area (Å²) in [5.41, 5.74) is 1.23. The van der Waals surface area contributed by atoms with Crippen molar-refractivity contribution in [2.45, 2.75) is 20.0 Å². The SMILES string of the molecule is CCn1cccc1C(=O)NCc1cc(C(=O)O)ccn1. The lowest BCUT2D eigenvalue weighted by atomic mass is 10.2. The summed E-state index contributed by atoms with van der Waals surface area (Å²) in [6, 6.07) is 6.40. The molecule has 0 aliphatic rings. The Balaban J connectivity index is 2.03. The molecule has 2 aromatic rings. The van der Waals surface area contributed by atoms with E-state index in [0.29, 0.717) is 17.9 Å². The summed E-state index contributed by atoms with van der Waals surface area (Å²) in [7, 11) is 0. The first-order valence-electron chi connectivity index (χ1n) is 6.23. The monoisotopic (exact) mass is 273 g/mol. The third-order valence-corrected chi connectivity index (χ3v) is 2.90. The first kappa shape index (κ1) is 13.8. The molecule has 0 bridgehead atoms. The lowest BCUT2D eigenvalue weighted by molar-refractivity contribution is 0.0696. The second kappa shape index (κ2) is 6.01. The Morgan fingerprint density at radius 1 is 1.40 bits per heavy atom. The van der Waals surface area contributed by atoms with E-state index >= 15 is 0 Å². The average molecular weight is 273 g/mol. The van der Waals surface area contributed by atoms with Gasteiger partial charge in [0.05, 0.1) is 17.8 Å². The summed E-state index contributed by atoms with van der Waals surface area (Å²) in [4.78, 5) is 26.9. The lowest BCUT2D eigenvalue weighted by Gasteiger charge is -2.07. The maximum atomic E-state index is 12.0. The van der Waals surface area contributed by atoms with Crippen molar-refractivity contribution < 1.29 is 14.7 Å². The van der Waals surface area contributed by atoms with Crippen LogP contribution in [0.5, 0.6) is 0 Å². The van der Waals surface area contributed by atoms with Gasteiger partial charge in [0, 0.05) is 18.9 Å². The highest BCUT2D eigenvalue weighted by atomic mass is 16.4. The highest BCUT2D eigenvalue weighted by Crippen LogP contribution is 2.04. The molecule has 0 atom stereocenters. The molecule has 0 aliphatic heterocycles. The van der Waals surface area contributed by atoms with E-state index in [-0.39, 0.29) is 18.0 Å². The molecule has 2 rings (SSSR count). The number of pyridine rings is 1. The molecule has 0 saturated carbocycles. The number of hydrogen-bond donors (Lipinski definition) is 2. The van der Waals surface area contributed by atoms with E-state index in [1.807, 2.05) is 23.8 Å². The van der Waals surface area contributed by atoms with Gasteiger partial charge in [0.15, 0.2) is 0 Å². The molecule has 2 N–H and O–H groups in total. The van der Waals surface area contributed by atoms with Gasteiger partial charge in [-0.25, -0.2) is 4.79 Å². The molecule has 1 amide bonds. The Labute approximate surface area is 116 Å². The molecule has 2 heterocycles. The molecule has 0 radical (unpaired) electrons. The number of carbonyl (C=O) groups excluding carboxylic acids is 1. The fourth-order valence-electron chi connectivity index (χ4n) is 1.87. The lowest BCUT2D eigenvalue weighted by Crippen LogP contribution is -2.25. The summed E-state index contributed by atoms with van der Waals surface area (Å²) in [6.07, 6.45) is 3.25. The number of nitrogens with one attached hydrogen (secondary N) is 1. The zero-order valence-corrected chi connectivity index (χ0v) is 11.0. The van der Waals surface area contributed by atoms with Gasteiger partial charge >= 0.3 is 5.97 Å². The quantitative estimate of drug-likeness (QED) is 0.865. The van der Waals surface area contributed by atoms with Crippen LogP contribution in [0.4, 0.5) is 0 Å². The minimum atomic E-state index is -1.01. The zero-order chi connectivity index (χ0) is 14.5. The molecule has 0 unspecified atom stereocenters. The Morgan fingerprint density at radius 2 is 2.20 bits per heavy atom. The molecule has 0 fully saturated rings. The summed E-state index contributed by atoms with van der Waals surface area (Å²) in [5.74, 6) is -1.22. The van der Waals surface area contributed by atoms with Crippen LogP contribution in [0.2, 0.25) is 0 Å². The number of nitrogens with zero attached hydrogens (tertiary/aromatic N) is 2. The topological polar surface area (TPSA) is 84.2 Å². The van der Waals surface area contributed by atoms with Crippen LogP contribution in [0.15, 0.2) is 36.7 Å². The standard InChI is InChI=1S/C14H15N3O3/c1-2-17-7-3-4-12(17)13(18)16-9-11-8-10(14(19)20)5-6-15-11/h3-8H,2,9H2,1H3,(H,16,18)(H,19,20). The van der Waals surface area contributed by atoms with Crippen LogP contribution in [0.1, 0.15) is 33.5 Å². The number of carboxylic acid groups (broad SMARTS) is 1. The van der Waals surface area contributed by atoms with Gasteiger partial charge in [0.25, 0.3) is 5.91 Å². The van der Waals surface area contributed by atoms with E-state index in [9.17, 15) is 9.59 Å². The molecular weight excluding hydrogens is 258 g/mol. The first-order chi connectivity index (χ1) is 9.61. The van der Waals surface area contributed by atoms with Gasteiger partial charge in [-0.15, -0.1) is 0 Å². The number of amides is 1. The van der Waals surface area contributed by atoms with Gasteiger partial charge in [0.2, 0.25) is 0 Å². The van der Waals surface area contributed by atoms with Crippen molar-refractivity contribution >= 4 is 11.9 Å². The fraction of sp³-hybridized carbons (Fsp3) is 0.214. The summed E-state index contributed by atoms with van der Waals surface area (Å²) in [5, 5.41) is 11.6. The maximum Gasteiger partial charge on any atom is 0.335 e. The molecule has 6 nitrogen and oxygen atoms in total. The predicted octanol–water partition coefficient (Wildman–Crippen LogP) is 1.53. The predicted molar refractivity (Wildman–Crippen MR) is 72.5 cm³/mol. The Kier molecular flexibility index (Phi) is 4.14. The highest BCUT2D eigenvalue weighted by molar-refractivity contribution is 5.92. The minimum Gasteiger partial charge on any atom is -0.478 e. The highest BCUT2D eigenvalue weighted by Gasteiger charge is 2.10. The van der Waals surface area contributed by atoms with Crippen molar-refractivity contribution in [3.05, 3.63) is 53.6 Å². The Hall–Kier alpha value is -2.63. The van der Waals surface area contributed by atoms with Gasteiger partial charge in [-0.1, -0.05) is 0 Å². The molecule has 0 aromatic carbocycles. The van der Waals surface area contributed by atoms with Crippen LogP contribution >= 0.6 is 0 Å². The third kappa shape index (κ3) is 3.03. The number of carbonyl (C=O) groups is 2. The fourth-order valence-corrected chi connectivity index (χ4v) is 1.87. The molecule has 0 spiro atoms. The van der Waals surface area contributed by atoms with Gasteiger partial charge in [-0.3, -0.25) is 9.78 Å². The molecule has 6 heteroatoms. The smallest absolute Gasteiger partial charge is 0.335 e. The van der Waals surface area contributed by atoms with Crippen LogP contribution in [-0.4, -0.2) is 26.5 Å². The van der Waals surface area contributed by atoms with Gasteiger partial charge in [-0.05, 0) is 31.2 Å². The van der Waals surface area contributed by atoms with Gasteiger partial charge in [-0.2, -0.15) is 0 Å². The number of aromatic nitrogens is 2.